The van der Waals surface area contributed by atoms with E-state index in [-0.39, 0.29) is 0 Å². The molecule has 0 spiro atoms. The summed E-state index contributed by atoms with van der Waals surface area (Å²) >= 11 is 2.11. The van der Waals surface area contributed by atoms with Gasteiger partial charge in [-0.3, -0.25) is 4.90 Å². The largest absolute Gasteiger partial charge is 0.309 e. The van der Waals surface area contributed by atoms with Crippen molar-refractivity contribution in [3.05, 3.63) is 0 Å². The van der Waals surface area contributed by atoms with Crippen molar-refractivity contribution in [2.24, 2.45) is 0 Å². The van der Waals surface area contributed by atoms with Gasteiger partial charge in [0.05, 0.1) is 0 Å². The van der Waals surface area contributed by atoms with Crippen molar-refractivity contribution in [2.75, 3.05) is 24.6 Å². The van der Waals surface area contributed by atoms with Crippen LogP contribution in [0.4, 0.5) is 0 Å². The molecule has 2 aliphatic heterocycles. The molecule has 2 saturated heterocycles. The molecule has 3 heteroatoms. The molecule has 14 heavy (non-hydrogen) atoms. The fraction of sp³-hybridized carbons (Fsp3) is 1.00. The zero-order chi connectivity index (χ0) is 9.97. The van der Waals surface area contributed by atoms with Crippen LogP contribution < -0.4 is 5.32 Å². The Bertz CT molecular complexity index is 172. The van der Waals surface area contributed by atoms with Crippen LogP contribution in [-0.2, 0) is 0 Å². The lowest BCUT2D eigenvalue weighted by molar-refractivity contribution is 0.0843. The van der Waals surface area contributed by atoms with Gasteiger partial charge in [-0.25, -0.2) is 0 Å². The van der Waals surface area contributed by atoms with Gasteiger partial charge in [-0.15, -0.1) is 0 Å². The summed E-state index contributed by atoms with van der Waals surface area (Å²) in [6.07, 6.45) is 2.76. The third-order valence-corrected chi connectivity index (χ3v) is 4.38. The van der Waals surface area contributed by atoms with Crippen molar-refractivity contribution in [3.63, 3.8) is 0 Å². The molecule has 2 rings (SSSR count). The highest BCUT2D eigenvalue weighted by molar-refractivity contribution is 7.99. The van der Waals surface area contributed by atoms with Crippen LogP contribution in [0.3, 0.4) is 0 Å². The van der Waals surface area contributed by atoms with Crippen LogP contribution in [0.25, 0.3) is 0 Å². The van der Waals surface area contributed by atoms with E-state index in [4.69, 9.17) is 0 Å². The van der Waals surface area contributed by atoms with Gasteiger partial charge in [-0.2, -0.15) is 11.8 Å². The number of hydrogen-bond acceptors (Lipinski definition) is 3. The molecule has 0 aromatic heterocycles. The van der Waals surface area contributed by atoms with Gasteiger partial charge < -0.3 is 5.32 Å². The Morgan fingerprint density at radius 1 is 1.14 bits per heavy atom. The molecule has 1 N–H and O–H groups in total. The molecule has 82 valence electrons. The monoisotopic (exact) mass is 214 g/mol. The summed E-state index contributed by atoms with van der Waals surface area (Å²) in [7, 11) is 0. The lowest BCUT2D eigenvalue weighted by atomic mass is 10.0. The van der Waals surface area contributed by atoms with Gasteiger partial charge in [0.15, 0.2) is 0 Å². The minimum Gasteiger partial charge on any atom is -0.309 e. The molecule has 0 aromatic carbocycles. The molecular formula is C11H22N2S. The van der Waals surface area contributed by atoms with Gasteiger partial charge in [-0.1, -0.05) is 0 Å². The fourth-order valence-corrected chi connectivity index (χ4v) is 3.34. The highest BCUT2D eigenvalue weighted by Crippen LogP contribution is 2.19. The van der Waals surface area contributed by atoms with Gasteiger partial charge in [0.2, 0.25) is 0 Å². The molecule has 0 amide bonds. The maximum absolute atomic E-state index is 3.79. The van der Waals surface area contributed by atoms with Crippen LogP contribution in [0.5, 0.6) is 0 Å². The number of rotatable bonds is 3. The van der Waals surface area contributed by atoms with E-state index in [2.05, 4.69) is 35.8 Å². The van der Waals surface area contributed by atoms with Crippen LogP contribution in [0.1, 0.15) is 26.7 Å². The van der Waals surface area contributed by atoms with Crippen molar-refractivity contribution in [1.82, 2.24) is 10.2 Å². The third-order valence-electron chi connectivity index (χ3n) is 3.33. The van der Waals surface area contributed by atoms with E-state index in [0.717, 1.165) is 18.1 Å². The van der Waals surface area contributed by atoms with Crippen molar-refractivity contribution in [3.8, 4) is 0 Å². The first-order valence-corrected chi connectivity index (χ1v) is 6.99. The summed E-state index contributed by atoms with van der Waals surface area (Å²) in [4.78, 5) is 2.54. The number of thioether (sulfide) groups is 1. The van der Waals surface area contributed by atoms with E-state index in [1.54, 1.807) is 0 Å². The zero-order valence-corrected chi connectivity index (χ0v) is 10.1. The summed E-state index contributed by atoms with van der Waals surface area (Å²) < 4.78 is 0. The summed E-state index contributed by atoms with van der Waals surface area (Å²) in [6.45, 7) is 7.10. The molecule has 0 aromatic rings. The minimum atomic E-state index is 0.731. The molecule has 2 fully saturated rings. The molecule has 0 aliphatic carbocycles. The number of hydrogen-bond donors (Lipinski definition) is 1. The SMILES string of the molecule is CC(C)N1CC(NC2CCSCC2)C1. The lowest BCUT2D eigenvalue weighted by Crippen LogP contribution is -2.62. The average molecular weight is 214 g/mol. The van der Waals surface area contributed by atoms with Crippen LogP contribution in [-0.4, -0.2) is 47.6 Å². The first-order chi connectivity index (χ1) is 6.75. The van der Waals surface area contributed by atoms with Crippen LogP contribution in [0, 0.1) is 0 Å². The van der Waals surface area contributed by atoms with Crippen molar-refractivity contribution < 1.29 is 0 Å². The zero-order valence-electron chi connectivity index (χ0n) is 9.33. The second-order valence-corrected chi connectivity index (χ2v) is 6.02. The summed E-state index contributed by atoms with van der Waals surface area (Å²) in [6, 6.07) is 2.33. The predicted octanol–water partition coefficient (Wildman–Crippen LogP) is 1.56. The molecule has 0 unspecified atom stereocenters. The predicted molar refractivity (Wildman–Crippen MR) is 64.0 cm³/mol. The smallest absolute Gasteiger partial charge is 0.0325 e. The molecule has 2 heterocycles. The summed E-state index contributed by atoms with van der Waals surface area (Å²) in [5.41, 5.74) is 0. The van der Waals surface area contributed by atoms with Crippen molar-refractivity contribution in [1.29, 1.82) is 0 Å². The van der Waals surface area contributed by atoms with Crippen molar-refractivity contribution in [2.45, 2.75) is 44.8 Å². The van der Waals surface area contributed by atoms with Crippen LogP contribution in [0.2, 0.25) is 0 Å². The van der Waals surface area contributed by atoms with E-state index in [1.807, 2.05) is 0 Å². The summed E-state index contributed by atoms with van der Waals surface area (Å²) in [5.74, 6) is 2.72. The van der Waals surface area contributed by atoms with Crippen LogP contribution in [0.15, 0.2) is 0 Å². The Hall–Kier alpha value is 0.270. The van der Waals surface area contributed by atoms with Gasteiger partial charge in [0.25, 0.3) is 0 Å². The molecule has 2 aliphatic rings. The lowest BCUT2D eigenvalue weighted by Gasteiger charge is -2.44. The second-order valence-electron chi connectivity index (χ2n) is 4.80. The fourth-order valence-electron chi connectivity index (χ4n) is 2.24. The Morgan fingerprint density at radius 2 is 1.79 bits per heavy atom. The minimum absolute atomic E-state index is 0.731. The molecule has 0 saturated carbocycles. The van der Waals surface area contributed by atoms with Crippen molar-refractivity contribution >= 4 is 11.8 Å². The first kappa shape index (κ1) is 10.8. The topological polar surface area (TPSA) is 15.3 Å². The van der Waals surface area contributed by atoms with Gasteiger partial charge in [0, 0.05) is 31.2 Å². The molecule has 0 radical (unpaired) electrons. The van der Waals surface area contributed by atoms with Gasteiger partial charge >= 0.3 is 0 Å². The number of nitrogens with one attached hydrogen (secondary N) is 1. The van der Waals surface area contributed by atoms with E-state index in [9.17, 15) is 0 Å². The third kappa shape index (κ3) is 2.65. The quantitative estimate of drug-likeness (QED) is 0.767. The maximum atomic E-state index is 3.79. The normalized spacial score (nSPS) is 26.8. The number of nitrogens with zero attached hydrogens (tertiary/aromatic N) is 1. The first-order valence-electron chi connectivity index (χ1n) is 5.83. The van der Waals surface area contributed by atoms with E-state index >= 15 is 0 Å². The Balaban J connectivity index is 1.63. The highest BCUT2D eigenvalue weighted by Gasteiger charge is 2.30. The standard InChI is InChI=1S/C11H22N2S/c1-9(2)13-7-11(8-13)12-10-3-5-14-6-4-10/h9-12H,3-8H2,1-2H3. The molecule has 2 nitrogen and oxygen atoms in total. The van der Waals surface area contributed by atoms with Gasteiger partial charge in [-0.05, 0) is 38.2 Å². The van der Waals surface area contributed by atoms with E-state index < -0.39 is 0 Å². The van der Waals surface area contributed by atoms with E-state index in [1.165, 1.54) is 37.4 Å². The molecule has 0 atom stereocenters. The van der Waals surface area contributed by atoms with Crippen LogP contribution >= 0.6 is 11.8 Å². The average Bonchev–Trinajstić information content (AvgIpc) is 2.12. The number of likely N-dealkylation sites (tertiary alicyclic amines) is 1. The Labute approximate surface area is 91.8 Å². The summed E-state index contributed by atoms with van der Waals surface area (Å²) in [5, 5.41) is 3.79. The highest BCUT2D eigenvalue weighted by atomic mass is 32.2. The Kier molecular flexibility index (Phi) is 3.74. The molecule has 0 bridgehead atoms. The maximum Gasteiger partial charge on any atom is 0.0325 e. The van der Waals surface area contributed by atoms with E-state index in [0.29, 0.717) is 0 Å². The molecular weight excluding hydrogens is 192 g/mol. The van der Waals surface area contributed by atoms with Gasteiger partial charge in [0.1, 0.15) is 0 Å². The Morgan fingerprint density at radius 3 is 2.36 bits per heavy atom. The second kappa shape index (κ2) is 4.86.